The molecule has 0 aliphatic heterocycles. The third-order valence-corrected chi connectivity index (χ3v) is 7.48. The Hall–Kier alpha value is -5.72. The van der Waals surface area contributed by atoms with E-state index in [1.54, 1.807) is 44.2 Å². The second-order valence-electron chi connectivity index (χ2n) is 11.4. The summed E-state index contributed by atoms with van der Waals surface area (Å²) in [5, 5.41) is 14.2. The Labute approximate surface area is 264 Å². The van der Waals surface area contributed by atoms with Crippen molar-refractivity contribution in [3.05, 3.63) is 101 Å². The molecule has 2 aromatic carbocycles. The summed E-state index contributed by atoms with van der Waals surface area (Å²) >= 11 is 0. The van der Waals surface area contributed by atoms with Gasteiger partial charge in [-0.2, -0.15) is 0 Å². The van der Waals surface area contributed by atoms with Crippen LogP contribution in [0, 0.1) is 5.92 Å². The zero-order chi connectivity index (χ0) is 33.0. The average Bonchev–Trinajstić information content (AvgIpc) is 3.57. The Bertz CT molecular complexity index is 1970. The van der Waals surface area contributed by atoms with Crippen LogP contribution in [0.5, 0.6) is 0 Å². The average molecular weight is 624 g/mol. The number of ether oxygens (including phenoxy) is 1. The molecule has 0 spiro atoms. The third-order valence-electron chi connectivity index (χ3n) is 7.48. The van der Waals surface area contributed by atoms with Crippen LogP contribution < -0.4 is 16.2 Å². The summed E-state index contributed by atoms with van der Waals surface area (Å²) in [6.07, 6.45) is 0.324. The molecule has 1 unspecified atom stereocenters. The Morgan fingerprint density at radius 3 is 2.41 bits per heavy atom. The second kappa shape index (κ2) is 13.1. The van der Waals surface area contributed by atoms with Gasteiger partial charge in [0.05, 0.1) is 36.0 Å². The first-order chi connectivity index (χ1) is 22.0. The minimum Gasteiger partial charge on any atom is -0.453 e. The highest BCUT2D eigenvalue weighted by atomic mass is 16.5. The fourth-order valence-corrected chi connectivity index (χ4v) is 4.83. The summed E-state index contributed by atoms with van der Waals surface area (Å²) in [5.41, 5.74) is 0.362. The van der Waals surface area contributed by atoms with Gasteiger partial charge in [0.15, 0.2) is 0 Å². The minimum absolute atomic E-state index is 0.183. The molecule has 46 heavy (non-hydrogen) atoms. The number of ketones is 1. The maximum atomic E-state index is 13.6. The number of carbonyl (C=O) groups is 3. The van der Waals surface area contributed by atoms with Crippen molar-refractivity contribution in [3.63, 3.8) is 0 Å². The van der Waals surface area contributed by atoms with Crippen molar-refractivity contribution in [2.75, 3.05) is 12.4 Å². The number of aromatic nitrogens is 5. The number of para-hydroxylation sites is 1. The van der Waals surface area contributed by atoms with E-state index in [9.17, 15) is 19.2 Å². The van der Waals surface area contributed by atoms with Gasteiger partial charge in [0.1, 0.15) is 18.1 Å². The number of rotatable bonds is 10. The standard InChI is InChI=1S/C33H33N7O6/c1-19(2)26(27(42)29-38-39-31(46-29)33(3,4)24-16-15-20-11-9-10-14-22(20)35-24)37-25(41)18-40-28(21-12-7-6-8-13-21)34-17-23(30(40)43)36-32(44)45-5/h6-17,19,26H,18H2,1-5H3,(H,36,44)(H,37,41). The fraction of sp³-hybridized carbons (Fsp3) is 0.273. The predicted octanol–water partition coefficient (Wildman–Crippen LogP) is 4.37. The molecule has 13 nitrogen and oxygen atoms in total. The third kappa shape index (κ3) is 6.53. The van der Waals surface area contributed by atoms with Crippen LogP contribution in [-0.2, 0) is 21.5 Å². The lowest BCUT2D eigenvalue weighted by molar-refractivity contribution is -0.122. The van der Waals surface area contributed by atoms with Gasteiger partial charge in [-0.3, -0.25) is 29.3 Å². The van der Waals surface area contributed by atoms with Crippen LogP contribution in [0.3, 0.4) is 0 Å². The molecule has 0 saturated carbocycles. The number of pyridine rings is 1. The highest BCUT2D eigenvalue weighted by Gasteiger charge is 2.35. The van der Waals surface area contributed by atoms with E-state index in [1.807, 2.05) is 50.2 Å². The molecule has 0 bridgehead atoms. The number of methoxy groups -OCH3 is 1. The van der Waals surface area contributed by atoms with Gasteiger partial charge in [0.2, 0.25) is 17.6 Å². The number of fused-ring (bicyclic) bond motifs is 1. The number of Topliss-reactive ketones (excluding diaryl/α,β-unsaturated/α-hetero) is 1. The first-order valence-corrected chi connectivity index (χ1v) is 14.5. The molecular weight excluding hydrogens is 590 g/mol. The van der Waals surface area contributed by atoms with Gasteiger partial charge in [-0.15, -0.1) is 10.2 Å². The van der Waals surface area contributed by atoms with Gasteiger partial charge in [0.25, 0.3) is 11.4 Å². The molecule has 13 heteroatoms. The van der Waals surface area contributed by atoms with E-state index in [2.05, 4.69) is 30.6 Å². The molecule has 0 aliphatic rings. The zero-order valence-electron chi connectivity index (χ0n) is 26.0. The molecule has 3 heterocycles. The molecule has 5 rings (SSSR count). The van der Waals surface area contributed by atoms with Crippen molar-refractivity contribution in [2.24, 2.45) is 5.92 Å². The normalized spacial score (nSPS) is 12.1. The van der Waals surface area contributed by atoms with Crippen LogP contribution in [0.15, 0.2) is 82.1 Å². The highest BCUT2D eigenvalue weighted by molar-refractivity contribution is 5.98. The minimum atomic E-state index is -1.05. The van der Waals surface area contributed by atoms with Gasteiger partial charge < -0.3 is 14.5 Å². The van der Waals surface area contributed by atoms with Crippen LogP contribution in [0.2, 0.25) is 0 Å². The van der Waals surface area contributed by atoms with Gasteiger partial charge >= 0.3 is 6.09 Å². The number of benzene rings is 2. The molecule has 0 saturated heterocycles. The largest absolute Gasteiger partial charge is 0.453 e. The Morgan fingerprint density at radius 1 is 0.978 bits per heavy atom. The van der Waals surface area contributed by atoms with Crippen molar-refractivity contribution in [3.8, 4) is 11.4 Å². The maximum absolute atomic E-state index is 13.6. The number of amides is 2. The lowest BCUT2D eigenvalue weighted by atomic mass is 9.88. The molecule has 3 aromatic heterocycles. The van der Waals surface area contributed by atoms with E-state index in [0.717, 1.165) is 22.6 Å². The van der Waals surface area contributed by atoms with E-state index < -0.39 is 41.3 Å². The van der Waals surface area contributed by atoms with E-state index in [4.69, 9.17) is 9.40 Å². The van der Waals surface area contributed by atoms with Crippen molar-refractivity contribution < 1.29 is 23.5 Å². The summed E-state index contributed by atoms with van der Waals surface area (Å²) in [4.78, 5) is 61.3. The number of hydrogen-bond donors (Lipinski definition) is 2. The number of carbonyl (C=O) groups excluding carboxylic acids is 3. The van der Waals surface area contributed by atoms with Crippen LogP contribution in [0.1, 0.15) is 50.0 Å². The maximum Gasteiger partial charge on any atom is 0.411 e. The summed E-state index contributed by atoms with van der Waals surface area (Å²) < 4.78 is 11.6. The van der Waals surface area contributed by atoms with Gasteiger partial charge in [0, 0.05) is 10.9 Å². The Balaban J connectivity index is 1.39. The lowest BCUT2D eigenvalue weighted by Crippen LogP contribution is -2.46. The Kier molecular flexibility index (Phi) is 9.03. The molecule has 236 valence electrons. The van der Waals surface area contributed by atoms with Gasteiger partial charge in [-0.1, -0.05) is 68.4 Å². The summed E-state index contributed by atoms with van der Waals surface area (Å²) in [7, 11) is 1.16. The molecule has 0 radical (unpaired) electrons. The van der Waals surface area contributed by atoms with E-state index >= 15 is 0 Å². The number of hydrogen-bond acceptors (Lipinski definition) is 10. The summed E-state index contributed by atoms with van der Waals surface area (Å²) in [5.74, 6) is -1.50. The van der Waals surface area contributed by atoms with Crippen molar-refractivity contribution in [1.82, 2.24) is 30.0 Å². The first-order valence-electron chi connectivity index (χ1n) is 14.5. The number of anilines is 1. The summed E-state index contributed by atoms with van der Waals surface area (Å²) in [6, 6.07) is 19.3. The van der Waals surface area contributed by atoms with Crippen LogP contribution >= 0.6 is 0 Å². The first kappa shape index (κ1) is 31.7. The molecule has 2 amide bonds. The summed E-state index contributed by atoms with van der Waals surface area (Å²) in [6.45, 7) is 6.75. The van der Waals surface area contributed by atoms with E-state index in [0.29, 0.717) is 11.3 Å². The predicted molar refractivity (Wildman–Crippen MR) is 169 cm³/mol. The molecule has 1 atom stereocenters. The SMILES string of the molecule is COC(=O)Nc1cnc(-c2ccccc2)n(CC(=O)NC(C(=O)c2nnc(C(C)(C)c3ccc4ccccc4n3)o2)C(C)C)c1=O. The van der Waals surface area contributed by atoms with E-state index in [1.165, 1.54) is 6.20 Å². The molecule has 5 aromatic rings. The van der Waals surface area contributed by atoms with Crippen molar-refractivity contribution in [2.45, 2.75) is 45.7 Å². The zero-order valence-corrected chi connectivity index (χ0v) is 26.0. The lowest BCUT2D eigenvalue weighted by Gasteiger charge is -2.21. The molecular formula is C33H33N7O6. The fourth-order valence-electron chi connectivity index (χ4n) is 4.83. The molecule has 0 aliphatic carbocycles. The van der Waals surface area contributed by atoms with Gasteiger partial charge in [-0.05, 0) is 31.9 Å². The second-order valence-corrected chi connectivity index (χ2v) is 11.4. The monoisotopic (exact) mass is 623 g/mol. The highest BCUT2D eigenvalue weighted by Crippen LogP contribution is 2.30. The van der Waals surface area contributed by atoms with Gasteiger partial charge in [-0.25, -0.2) is 9.78 Å². The van der Waals surface area contributed by atoms with E-state index in [-0.39, 0.29) is 29.2 Å². The smallest absolute Gasteiger partial charge is 0.411 e. The number of nitrogens with one attached hydrogen (secondary N) is 2. The van der Waals surface area contributed by atoms with Crippen LogP contribution in [-0.4, -0.2) is 55.7 Å². The van der Waals surface area contributed by atoms with Crippen molar-refractivity contribution >= 4 is 34.4 Å². The molecule has 2 N–H and O–H groups in total. The molecule has 0 fully saturated rings. The number of nitrogens with zero attached hydrogens (tertiary/aromatic N) is 5. The van der Waals surface area contributed by atoms with Crippen LogP contribution in [0.4, 0.5) is 10.5 Å². The quantitative estimate of drug-likeness (QED) is 0.213. The topological polar surface area (TPSA) is 171 Å². The Morgan fingerprint density at radius 2 is 1.70 bits per heavy atom. The van der Waals surface area contributed by atoms with Crippen molar-refractivity contribution in [1.29, 1.82) is 0 Å². The van der Waals surface area contributed by atoms with Crippen LogP contribution in [0.25, 0.3) is 22.3 Å².